The van der Waals surface area contributed by atoms with E-state index in [9.17, 15) is 18.0 Å². The number of nitrogens with one attached hydrogen (secondary N) is 1. The Labute approximate surface area is 139 Å². The highest BCUT2D eigenvalue weighted by Gasteiger charge is 2.33. The fraction of sp³-hybridized carbons (Fsp3) is 0.625. The zero-order valence-corrected chi connectivity index (χ0v) is 14.2. The van der Waals surface area contributed by atoms with E-state index >= 15 is 0 Å². The van der Waals surface area contributed by atoms with Crippen molar-refractivity contribution < 1.29 is 18.0 Å². The van der Waals surface area contributed by atoms with Gasteiger partial charge >= 0.3 is 12.2 Å². The van der Waals surface area contributed by atoms with E-state index in [1.165, 1.54) is 4.90 Å². The number of anilines is 1. The van der Waals surface area contributed by atoms with Gasteiger partial charge in [-0.2, -0.15) is 13.2 Å². The third kappa shape index (κ3) is 5.09. The molecule has 1 aliphatic rings. The monoisotopic (exact) mass is 344 g/mol. The van der Waals surface area contributed by atoms with E-state index in [1.54, 1.807) is 24.1 Å². The summed E-state index contributed by atoms with van der Waals surface area (Å²) in [5.41, 5.74) is 2.27. The van der Waals surface area contributed by atoms with Crippen LogP contribution >= 0.6 is 0 Å². The molecule has 1 aromatic rings. The first-order valence-corrected chi connectivity index (χ1v) is 7.93. The van der Waals surface area contributed by atoms with Crippen molar-refractivity contribution in [3.05, 3.63) is 23.5 Å². The van der Waals surface area contributed by atoms with Crippen LogP contribution in [-0.2, 0) is 0 Å². The fourth-order valence-corrected chi connectivity index (χ4v) is 2.97. The van der Waals surface area contributed by atoms with Crippen molar-refractivity contribution in [1.29, 1.82) is 0 Å². The Kier molecular flexibility index (Phi) is 5.69. The molecule has 1 aliphatic heterocycles. The summed E-state index contributed by atoms with van der Waals surface area (Å²) in [6.45, 7) is 5.84. The molecule has 0 spiro atoms. The molecular formula is C16H23F3N4O. The number of amides is 2. The molecule has 1 fully saturated rings. The van der Waals surface area contributed by atoms with E-state index in [2.05, 4.69) is 10.3 Å². The van der Waals surface area contributed by atoms with Crippen LogP contribution < -0.4 is 5.32 Å². The van der Waals surface area contributed by atoms with Crippen LogP contribution in [0.4, 0.5) is 23.7 Å². The lowest BCUT2D eigenvalue weighted by atomic mass is 10.1. The van der Waals surface area contributed by atoms with Gasteiger partial charge in [0.2, 0.25) is 0 Å². The lowest BCUT2D eigenvalue weighted by Gasteiger charge is -2.23. The standard InChI is InChI=1S/C16H23F3N4O/c1-11-8-22(10-16(17,18)19)6-7-23(9-11)15(24)21-14-12(2)4-5-20-13(14)3/h4-5,11H,6-10H2,1-3H3,(H,21,24). The van der Waals surface area contributed by atoms with Gasteiger partial charge in [0.05, 0.1) is 17.9 Å². The quantitative estimate of drug-likeness (QED) is 0.897. The molecule has 8 heteroatoms. The van der Waals surface area contributed by atoms with Crippen molar-refractivity contribution in [2.24, 2.45) is 5.92 Å². The number of carbonyl (C=O) groups is 1. The summed E-state index contributed by atoms with van der Waals surface area (Å²) in [5.74, 6) is -0.0308. The predicted octanol–water partition coefficient (Wildman–Crippen LogP) is 3.05. The third-order valence-corrected chi connectivity index (χ3v) is 4.06. The van der Waals surface area contributed by atoms with Crippen molar-refractivity contribution in [3.8, 4) is 0 Å². The number of carbonyl (C=O) groups excluding carboxylic acids is 1. The van der Waals surface area contributed by atoms with Gasteiger partial charge in [-0.1, -0.05) is 6.92 Å². The number of urea groups is 1. The van der Waals surface area contributed by atoms with Crippen LogP contribution in [-0.4, -0.2) is 59.7 Å². The molecule has 1 unspecified atom stereocenters. The molecule has 1 atom stereocenters. The van der Waals surface area contributed by atoms with Crippen LogP contribution in [0.1, 0.15) is 18.2 Å². The van der Waals surface area contributed by atoms with E-state index in [1.807, 2.05) is 13.8 Å². The van der Waals surface area contributed by atoms with Crippen LogP contribution in [0.5, 0.6) is 0 Å². The molecule has 5 nitrogen and oxygen atoms in total. The van der Waals surface area contributed by atoms with Gasteiger partial charge in [-0.15, -0.1) is 0 Å². The number of aryl methyl sites for hydroxylation is 2. The lowest BCUT2D eigenvalue weighted by Crippen LogP contribution is -2.40. The second-order valence-electron chi connectivity index (χ2n) is 6.42. The minimum Gasteiger partial charge on any atom is -0.323 e. The molecule has 134 valence electrons. The molecule has 2 heterocycles. The first kappa shape index (κ1) is 18.5. The van der Waals surface area contributed by atoms with Gasteiger partial charge < -0.3 is 10.2 Å². The van der Waals surface area contributed by atoms with E-state index < -0.39 is 12.7 Å². The molecule has 1 N–H and O–H groups in total. The Morgan fingerprint density at radius 1 is 1.33 bits per heavy atom. The largest absolute Gasteiger partial charge is 0.401 e. The SMILES string of the molecule is Cc1ccnc(C)c1NC(=O)N1CCN(CC(F)(F)F)CC(C)C1. The van der Waals surface area contributed by atoms with Crippen LogP contribution in [0.2, 0.25) is 0 Å². The second-order valence-corrected chi connectivity index (χ2v) is 6.42. The van der Waals surface area contributed by atoms with Gasteiger partial charge in [0.15, 0.2) is 0 Å². The summed E-state index contributed by atoms with van der Waals surface area (Å²) in [7, 11) is 0. The van der Waals surface area contributed by atoms with E-state index in [-0.39, 0.29) is 25.0 Å². The number of aromatic nitrogens is 1. The summed E-state index contributed by atoms with van der Waals surface area (Å²) in [6.07, 6.45) is -2.55. The lowest BCUT2D eigenvalue weighted by molar-refractivity contribution is -0.146. The molecule has 0 radical (unpaired) electrons. The highest BCUT2D eigenvalue weighted by atomic mass is 19.4. The third-order valence-electron chi connectivity index (χ3n) is 4.06. The van der Waals surface area contributed by atoms with Crippen LogP contribution in [0, 0.1) is 19.8 Å². The highest BCUT2D eigenvalue weighted by molar-refractivity contribution is 5.90. The minimum atomic E-state index is -4.22. The van der Waals surface area contributed by atoms with Crippen molar-refractivity contribution in [1.82, 2.24) is 14.8 Å². The first-order valence-electron chi connectivity index (χ1n) is 7.93. The van der Waals surface area contributed by atoms with Gasteiger partial charge in [0, 0.05) is 32.4 Å². The molecular weight excluding hydrogens is 321 g/mol. The smallest absolute Gasteiger partial charge is 0.323 e. The maximum Gasteiger partial charge on any atom is 0.401 e. The number of alkyl halides is 3. The van der Waals surface area contributed by atoms with E-state index in [4.69, 9.17) is 0 Å². The maximum atomic E-state index is 12.6. The van der Waals surface area contributed by atoms with E-state index in [0.717, 1.165) is 5.56 Å². The van der Waals surface area contributed by atoms with Gasteiger partial charge in [-0.3, -0.25) is 9.88 Å². The topological polar surface area (TPSA) is 48.5 Å². The first-order chi connectivity index (χ1) is 11.2. The maximum absolute atomic E-state index is 12.6. The number of rotatable bonds is 2. The van der Waals surface area contributed by atoms with Crippen molar-refractivity contribution >= 4 is 11.7 Å². The zero-order chi connectivity index (χ0) is 17.9. The molecule has 2 amide bonds. The Morgan fingerprint density at radius 3 is 2.67 bits per heavy atom. The summed E-state index contributed by atoms with van der Waals surface area (Å²) in [6, 6.07) is 1.51. The Morgan fingerprint density at radius 2 is 2.04 bits per heavy atom. The van der Waals surface area contributed by atoms with E-state index in [0.29, 0.717) is 24.5 Å². The number of halogens is 3. The zero-order valence-electron chi connectivity index (χ0n) is 14.2. The Balaban J connectivity index is 2.02. The van der Waals surface area contributed by atoms with Gasteiger partial charge in [0.1, 0.15) is 0 Å². The number of pyridine rings is 1. The Bertz CT molecular complexity index is 571. The fourth-order valence-electron chi connectivity index (χ4n) is 2.97. The normalized spacial score (nSPS) is 19.9. The molecule has 1 aromatic heterocycles. The van der Waals surface area contributed by atoms with Crippen molar-refractivity contribution in [2.75, 3.05) is 38.0 Å². The number of nitrogens with zero attached hydrogens (tertiary/aromatic N) is 3. The average molecular weight is 344 g/mol. The van der Waals surface area contributed by atoms with Gasteiger partial charge in [-0.05, 0) is 31.4 Å². The number of hydrogen-bond acceptors (Lipinski definition) is 3. The van der Waals surface area contributed by atoms with Crippen molar-refractivity contribution in [3.63, 3.8) is 0 Å². The summed E-state index contributed by atoms with van der Waals surface area (Å²) >= 11 is 0. The molecule has 0 saturated carbocycles. The molecule has 0 aliphatic carbocycles. The molecule has 24 heavy (non-hydrogen) atoms. The predicted molar refractivity (Wildman–Crippen MR) is 86.0 cm³/mol. The van der Waals surface area contributed by atoms with Crippen molar-refractivity contribution in [2.45, 2.75) is 26.9 Å². The summed E-state index contributed by atoms with van der Waals surface area (Å²) in [5, 5.41) is 2.84. The van der Waals surface area contributed by atoms with Crippen LogP contribution in [0.25, 0.3) is 0 Å². The second kappa shape index (κ2) is 7.38. The molecule has 1 saturated heterocycles. The molecule has 0 aromatic carbocycles. The highest BCUT2D eigenvalue weighted by Crippen LogP contribution is 2.21. The van der Waals surface area contributed by atoms with Crippen LogP contribution in [0.15, 0.2) is 12.3 Å². The summed E-state index contributed by atoms with van der Waals surface area (Å²) in [4.78, 5) is 19.6. The van der Waals surface area contributed by atoms with Gasteiger partial charge in [-0.25, -0.2) is 4.79 Å². The van der Waals surface area contributed by atoms with Crippen LogP contribution in [0.3, 0.4) is 0 Å². The average Bonchev–Trinajstić information content (AvgIpc) is 2.62. The summed E-state index contributed by atoms with van der Waals surface area (Å²) < 4.78 is 37.8. The molecule has 2 rings (SSSR count). The Hall–Kier alpha value is -1.83. The number of hydrogen-bond donors (Lipinski definition) is 1. The van der Waals surface area contributed by atoms with Gasteiger partial charge in [0.25, 0.3) is 0 Å². The minimum absolute atomic E-state index is 0.0308. The molecule has 0 bridgehead atoms.